The summed E-state index contributed by atoms with van der Waals surface area (Å²) in [5.74, 6) is -1.84. The van der Waals surface area contributed by atoms with E-state index in [1.807, 2.05) is 30.3 Å². The van der Waals surface area contributed by atoms with Crippen LogP contribution in [0.3, 0.4) is 0 Å². The van der Waals surface area contributed by atoms with Crippen LogP contribution in [0.15, 0.2) is 30.3 Å². The maximum atomic E-state index is 12.3. The second-order valence-electron chi connectivity index (χ2n) is 5.41. The van der Waals surface area contributed by atoms with Crippen LogP contribution in [0.4, 0.5) is 0 Å². The molecule has 1 N–H and O–H groups in total. The van der Waals surface area contributed by atoms with Gasteiger partial charge in [-0.3, -0.25) is 9.59 Å². The second-order valence-corrected chi connectivity index (χ2v) is 5.41. The van der Waals surface area contributed by atoms with Crippen LogP contribution in [0, 0.1) is 11.3 Å². The van der Waals surface area contributed by atoms with E-state index < -0.39 is 17.4 Å². The van der Waals surface area contributed by atoms with Gasteiger partial charge in [-0.2, -0.15) is 0 Å². The molecular formula is C16H20O4. The molecule has 0 radical (unpaired) electrons. The van der Waals surface area contributed by atoms with Crippen molar-refractivity contribution in [2.75, 3.05) is 7.11 Å². The molecule has 1 aliphatic rings. The summed E-state index contributed by atoms with van der Waals surface area (Å²) in [7, 11) is 1.26. The average Bonchev–Trinajstić information content (AvgIpc) is 2.99. The standard InChI is InChI=1S/C16H20O4/c1-20-15(19)16(14(17)18,13-9-5-6-10-13)11-12-7-3-2-4-8-12/h2-4,7-8,13H,5-6,9-11H2,1H3,(H,17,18). The third-order valence-electron chi connectivity index (χ3n) is 4.31. The first kappa shape index (κ1) is 14.6. The number of carboxylic acid groups (broad SMARTS) is 1. The van der Waals surface area contributed by atoms with Gasteiger partial charge in [-0.15, -0.1) is 0 Å². The van der Waals surface area contributed by atoms with E-state index in [1.54, 1.807) is 0 Å². The number of carboxylic acids is 1. The molecule has 1 saturated carbocycles. The van der Waals surface area contributed by atoms with Gasteiger partial charge in [0.05, 0.1) is 7.11 Å². The minimum atomic E-state index is -1.45. The second kappa shape index (κ2) is 6.07. The molecule has 1 aromatic rings. The van der Waals surface area contributed by atoms with Gasteiger partial charge in [0.15, 0.2) is 5.41 Å². The van der Waals surface area contributed by atoms with E-state index in [-0.39, 0.29) is 12.3 Å². The van der Waals surface area contributed by atoms with Crippen molar-refractivity contribution in [1.82, 2.24) is 0 Å². The molecule has 0 spiro atoms. The summed E-state index contributed by atoms with van der Waals surface area (Å²) in [6, 6.07) is 9.30. The molecule has 4 heteroatoms. The van der Waals surface area contributed by atoms with E-state index in [2.05, 4.69) is 0 Å². The lowest BCUT2D eigenvalue weighted by Gasteiger charge is -2.32. The molecule has 0 aromatic heterocycles. The minimum Gasteiger partial charge on any atom is -0.480 e. The number of ether oxygens (including phenoxy) is 1. The lowest BCUT2D eigenvalue weighted by atomic mass is 9.70. The molecule has 4 nitrogen and oxygen atoms in total. The third-order valence-corrected chi connectivity index (χ3v) is 4.31. The number of aliphatic carboxylic acids is 1. The van der Waals surface area contributed by atoms with Crippen molar-refractivity contribution in [3.8, 4) is 0 Å². The van der Waals surface area contributed by atoms with E-state index >= 15 is 0 Å². The van der Waals surface area contributed by atoms with E-state index in [0.717, 1.165) is 31.2 Å². The molecule has 1 aliphatic carbocycles. The Hall–Kier alpha value is -1.84. The van der Waals surface area contributed by atoms with Gasteiger partial charge in [0.1, 0.15) is 0 Å². The molecule has 0 heterocycles. The van der Waals surface area contributed by atoms with Gasteiger partial charge < -0.3 is 9.84 Å². The Kier molecular flexibility index (Phi) is 4.42. The van der Waals surface area contributed by atoms with Gasteiger partial charge in [-0.05, 0) is 30.7 Å². The number of hydrogen-bond donors (Lipinski definition) is 1. The number of methoxy groups -OCH3 is 1. The van der Waals surface area contributed by atoms with Crippen molar-refractivity contribution in [3.63, 3.8) is 0 Å². The molecule has 0 amide bonds. The number of esters is 1. The van der Waals surface area contributed by atoms with Crippen LogP contribution in [-0.4, -0.2) is 24.2 Å². The normalized spacial score (nSPS) is 18.4. The summed E-state index contributed by atoms with van der Waals surface area (Å²) in [5.41, 5.74) is -0.598. The van der Waals surface area contributed by atoms with Crippen LogP contribution in [-0.2, 0) is 20.7 Å². The molecular weight excluding hydrogens is 256 g/mol. The molecule has 0 saturated heterocycles. The Morgan fingerprint density at radius 1 is 1.25 bits per heavy atom. The molecule has 20 heavy (non-hydrogen) atoms. The van der Waals surface area contributed by atoms with Crippen LogP contribution < -0.4 is 0 Å². The molecule has 2 rings (SSSR count). The lowest BCUT2D eigenvalue weighted by Crippen LogP contribution is -2.47. The maximum absolute atomic E-state index is 12.3. The fourth-order valence-corrected chi connectivity index (χ4v) is 3.24. The number of hydrogen-bond acceptors (Lipinski definition) is 3. The predicted octanol–water partition coefficient (Wildman–Crippen LogP) is 2.66. The van der Waals surface area contributed by atoms with Gasteiger partial charge >= 0.3 is 11.9 Å². The van der Waals surface area contributed by atoms with Crippen molar-refractivity contribution < 1.29 is 19.4 Å². The molecule has 108 valence electrons. The molecule has 0 bridgehead atoms. The zero-order valence-electron chi connectivity index (χ0n) is 11.7. The highest BCUT2D eigenvalue weighted by Gasteiger charge is 2.54. The number of benzene rings is 1. The lowest BCUT2D eigenvalue weighted by molar-refractivity contribution is -0.171. The van der Waals surface area contributed by atoms with E-state index in [4.69, 9.17) is 4.74 Å². The highest BCUT2D eigenvalue weighted by molar-refractivity contribution is 6.00. The molecule has 1 atom stereocenters. The Bertz CT molecular complexity index is 477. The fraction of sp³-hybridized carbons (Fsp3) is 0.500. The maximum Gasteiger partial charge on any atom is 0.323 e. The van der Waals surface area contributed by atoms with Gasteiger partial charge in [0, 0.05) is 0 Å². The topological polar surface area (TPSA) is 63.6 Å². The Labute approximate surface area is 118 Å². The van der Waals surface area contributed by atoms with Gasteiger partial charge in [-0.25, -0.2) is 0 Å². The zero-order chi connectivity index (χ0) is 14.6. The Morgan fingerprint density at radius 3 is 2.35 bits per heavy atom. The molecule has 1 unspecified atom stereocenters. The summed E-state index contributed by atoms with van der Waals surface area (Å²) in [6.07, 6.45) is 3.69. The summed E-state index contributed by atoms with van der Waals surface area (Å²) >= 11 is 0. The quantitative estimate of drug-likeness (QED) is 0.663. The van der Waals surface area contributed by atoms with Crippen molar-refractivity contribution in [3.05, 3.63) is 35.9 Å². The summed E-state index contributed by atoms with van der Waals surface area (Å²) < 4.78 is 4.84. The van der Waals surface area contributed by atoms with Crippen LogP contribution in [0.5, 0.6) is 0 Å². The number of rotatable bonds is 5. The highest BCUT2D eigenvalue weighted by atomic mass is 16.5. The Balaban J connectivity index is 2.40. The largest absolute Gasteiger partial charge is 0.480 e. The zero-order valence-corrected chi connectivity index (χ0v) is 11.7. The summed E-state index contributed by atoms with van der Waals surface area (Å²) in [4.78, 5) is 24.2. The smallest absolute Gasteiger partial charge is 0.323 e. The van der Waals surface area contributed by atoms with Crippen LogP contribution in [0.25, 0.3) is 0 Å². The predicted molar refractivity (Wildman–Crippen MR) is 74.2 cm³/mol. The van der Waals surface area contributed by atoms with Gasteiger partial charge in [0.25, 0.3) is 0 Å². The van der Waals surface area contributed by atoms with E-state index in [9.17, 15) is 14.7 Å². The van der Waals surface area contributed by atoms with E-state index in [0.29, 0.717) is 0 Å². The number of carbonyl (C=O) groups excluding carboxylic acids is 1. The number of carbonyl (C=O) groups is 2. The van der Waals surface area contributed by atoms with Crippen LogP contribution in [0.1, 0.15) is 31.2 Å². The first-order valence-electron chi connectivity index (χ1n) is 6.97. The molecule has 1 fully saturated rings. The van der Waals surface area contributed by atoms with Crippen molar-refractivity contribution in [1.29, 1.82) is 0 Å². The van der Waals surface area contributed by atoms with Gasteiger partial charge in [-0.1, -0.05) is 43.2 Å². The average molecular weight is 276 g/mol. The minimum absolute atomic E-state index is 0.146. The van der Waals surface area contributed by atoms with Crippen molar-refractivity contribution in [2.45, 2.75) is 32.1 Å². The molecule has 1 aromatic carbocycles. The summed E-state index contributed by atoms with van der Waals surface area (Å²) in [5, 5.41) is 9.75. The van der Waals surface area contributed by atoms with Crippen LogP contribution in [0.2, 0.25) is 0 Å². The van der Waals surface area contributed by atoms with Crippen molar-refractivity contribution in [2.24, 2.45) is 11.3 Å². The molecule has 0 aliphatic heterocycles. The fourth-order valence-electron chi connectivity index (χ4n) is 3.24. The SMILES string of the molecule is COC(=O)C(Cc1ccccc1)(C(=O)O)C1CCCC1. The third kappa shape index (κ3) is 2.55. The monoisotopic (exact) mass is 276 g/mol. The summed E-state index contributed by atoms with van der Waals surface area (Å²) in [6.45, 7) is 0. The first-order valence-corrected chi connectivity index (χ1v) is 6.97. The van der Waals surface area contributed by atoms with Crippen LogP contribution >= 0.6 is 0 Å². The Morgan fingerprint density at radius 2 is 1.85 bits per heavy atom. The highest BCUT2D eigenvalue weighted by Crippen LogP contribution is 2.43. The first-order chi connectivity index (χ1) is 9.61. The van der Waals surface area contributed by atoms with Gasteiger partial charge in [0.2, 0.25) is 0 Å². The van der Waals surface area contributed by atoms with Crippen molar-refractivity contribution >= 4 is 11.9 Å². The van der Waals surface area contributed by atoms with E-state index in [1.165, 1.54) is 7.11 Å².